The Morgan fingerprint density at radius 3 is 2.28 bits per heavy atom. The van der Waals surface area contributed by atoms with E-state index in [1.807, 2.05) is 55.4 Å². The van der Waals surface area contributed by atoms with Gasteiger partial charge in [0.1, 0.15) is 0 Å². The van der Waals surface area contributed by atoms with E-state index < -0.39 is 0 Å². The second-order valence-corrected chi connectivity index (χ2v) is 6.84. The van der Waals surface area contributed by atoms with E-state index in [2.05, 4.69) is 5.32 Å². The summed E-state index contributed by atoms with van der Waals surface area (Å²) in [5.41, 5.74) is 3.71. The van der Waals surface area contributed by atoms with Crippen LogP contribution in [0.4, 0.5) is 0 Å². The number of hydrogen-bond donors (Lipinski definition) is 1. The van der Waals surface area contributed by atoms with Crippen molar-refractivity contribution in [2.24, 2.45) is 0 Å². The van der Waals surface area contributed by atoms with Crippen LogP contribution in [0.2, 0.25) is 0 Å². The number of benzene rings is 1. The van der Waals surface area contributed by atoms with E-state index >= 15 is 0 Å². The molecule has 0 aliphatic heterocycles. The lowest BCUT2D eigenvalue weighted by Crippen LogP contribution is -2.39. The summed E-state index contributed by atoms with van der Waals surface area (Å²) in [6.45, 7) is 9.18. The zero-order valence-corrected chi connectivity index (χ0v) is 17.7. The minimum Gasteiger partial charge on any atom is -0.465 e. The molecule has 156 valence electrons. The SMILES string of the molecule is CCNC(=O)CN(CC)CC(=O)c1cc(C)n(-c2ccc(C(=O)OC)cc2)c1C. The molecule has 0 bridgehead atoms. The number of likely N-dealkylation sites (N-methyl/N-ethyl adjacent to an activating group) is 2. The van der Waals surface area contributed by atoms with Gasteiger partial charge in [-0.25, -0.2) is 4.79 Å². The van der Waals surface area contributed by atoms with Gasteiger partial charge in [-0.2, -0.15) is 0 Å². The van der Waals surface area contributed by atoms with Crippen LogP contribution in [0.15, 0.2) is 30.3 Å². The topological polar surface area (TPSA) is 80.6 Å². The third kappa shape index (κ3) is 5.32. The van der Waals surface area contributed by atoms with Gasteiger partial charge in [-0.15, -0.1) is 0 Å². The highest BCUT2D eigenvalue weighted by Crippen LogP contribution is 2.22. The van der Waals surface area contributed by atoms with Crippen molar-refractivity contribution in [3.63, 3.8) is 0 Å². The molecule has 0 aliphatic rings. The van der Waals surface area contributed by atoms with Crippen LogP contribution in [0.5, 0.6) is 0 Å². The first kappa shape index (κ1) is 22.4. The van der Waals surface area contributed by atoms with Crippen LogP contribution in [0.1, 0.15) is 46.0 Å². The van der Waals surface area contributed by atoms with Crippen molar-refractivity contribution in [3.05, 3.63) is 52.8 Å². The number of esters is 1. The summed E-state index contributed by atoms with van der Waals surface area (Å²) in [7, 11) is 1.35. The summed E-state index contributed by atoms with van der Waals surface area (Å²) >= 11 is 0. The Balaban J connectivity index is 2.22. The number of methoxy groups -OCH3 is 1. The summed E-state index contributed by atoms with van der Waals surface area (Å²) in [5, 5.41) is 2.76. The van der Waals surface area contributed by atoms with Crippen LogP contribution in [0.25, 0.3) is 5.69 Å². The van der Waals surface area contributed by atoms with Crippen molar-refractivity contribution in [1.82, 2.24) is 14.8 Å². The van der Waals surface area contributed by atoms with Crippen LogP contribution in [0.3, 0.4) is 0 Å². The number of nitrogens with zero attached hydrogens (tertiary/aromatic N) is 2. The monoisotopic (exact) mass is 399 g/mol. The number of ether oxygens (including phenoxy) is 1. The number of aromatic nitrogens is 1. The fourth-order valence-electron chi connectivity index (χ4n) is 3.33. The molecule has 29 heavy (non-hydrogen) atoms. The summed E-state index contributed by atoms with van der Waals surface area (Å²) in [4.78, 5) is 38.2. The van der Waals surface area contributed by atoms with E-state index in [1.54, 1.807) is 12.1 Å². The lowest BCUT2D eigenvalue weighted by Gasteiger charge is -2.19. The van der Waals surface area contributed by atoms with Crippen molar-refractivity contribution in [3.8, 4) is 5.69 Å². The molecule has 1 aromatic carbocycles. The van der Waals surface area contributed by atoms with Crippen LogP contribution in [0, 0.1) is 13.8 Å². The van der Waals surface area contributed by atoms with Gasteiger partial charge in [0, 0.05) is 29.2 Å². The number of Topliss-reactive ketones (excluding diaryl/α,β-unsaturated/α-hetero) is 1. The molecule has 1 N–H and O–H groups in total. The predicted octanol–water partition coefficient (Wildman–Crippen LogP) is 2.52. The molecule has 0 aliphatic carbocycles. The molecular formula is C22H29N3O4. The second kappa shape index (κ2) is 10.0. The van der Waals surface area contributed by atoms with Crippen LogP contribution in [-0.2, 0) is 9.53 Å². The fourth-order valence-corrected chi connectivity index (χ4v) is 3.33. The van der Waals surface area contributed by atoms with E-state index in [9.17, 15) is 14.4 Å². The number of carbonyl (C=O) groups is 3. The first-order valence-electron chi connectivity index (χ1n) is 9.72. The van der Waals surface area contributed by atoms with Gasteiger partial charge in [-0.3, -0.25) is 14.5 Å². The molecule has 0 radical (unpaired) electrons. The molecule has 1 heterocycles. The van der Waals surface area contributed by atoms with E-state index in [1.165, 1.54) is 7.11 Å². The summed E-state index contributed by atoms with van der Waals surface area (Å²) in [5.74, 6) is -0.500. The van der Waals surface area contributed by atoms with Gasteiger partial charge in [0.25, 0.3) is 0 Å². The molecule has 0 spiro atoms. The molecule has 0 saturated carbocycles. The predicted molar refractivity (Wildman–Crippen MR) is 112 cm³/mol. The fraction of sp³-hybridized carbons (Fsp3) is 0.409. The minimum atomic E-state index is -0.389. The van der Waals surface area contributed by atoms with Gasteiger partial charge < -0.3 is 14.6 Å². The molecule has 2 rings (SSSR count). The largest absolute Gasteiger partial charge is 0.465 e. The smallest absolute Gasteiger partial charge is 0.337 e. The summed E-state index contributed by atoms with van der Waals surface area (Å²) < 4.78 is 6.71. The van der Waals surface area contributed by atoms with Crippen molar-refractivity contribution >= 4 is 17.7 Å². The Morgan fingerprint density at radius 1 is 1.07 bits per heavy atom. The molecule has 2 aromatic rings. The zero-order valence-electron chi connectivity index (χ0n) is 17.7. The maximum Gasteiger partial charge on any atom is 0.337 e. The zero-order chi connectivity index (χ0) is 21.6. The molecular weight excluding hydrogens is 370 g/mol. The lowest BCUT2D eigenvalue weighted by atomic mass is 10.1. The standard InChI is InChI=1S/C22H29N3O4/c1-6-23-21(27)14-24(7-2)13-20(26)19-12-15(3)25(16(19)4)18-10-8-17(9-11-18)22(28)29-5/h8-12H,6-7,13-14H2,1-5H3,(H,23,27). The Labute approximate surface area is 171 Å². The van der Waals surface area contributed by atoms with Gasteiger partial charge in [0.2, 0.25) is 5.91 Å². The average Bonchev–Trinajstić information content (AvgIpc) is 3.01. The van der Waals surface area contributed by atoms with Crippen LogP contribution < -0.4 is 5.32 Å². The quantitative estimate of drug-likeness (QED) is 0.518. The molecule has 0 fully saturated rings. The van der Waals surface area contributed by atoms with Crippen molar-refractivity contribution in [2.75, 3.05) is 33.3 Å². The number of carbonyl (C=O) groups excluding carboxylic acids is 3. The van der Waals surface area contributed by atoms with Crippen molar-refractivity contribution < 1.29 is 19.1 Å². The van der Waals surface area contributed by atoms with Gasteiger partial charge >= 0.3 is 5.97 Å². The number of aryl methyl sites for hydroxylation is 1. The van der Waals surface area contributed by atoms with E-state index in [0.717, 1.165) is 17.1 Å². The van der Waals surface area contributed by atoms with Crippen molar-refractivity contribution in [1.29, 1.82) is 0 Å². The Bertz CT molecular complexity index is 884. The average molecular weight is 399 g/mol. The number of hydrogen-bond acceptors (Lipinski definition) is 5. The Morgan fingerprint density at radius 2 is 1.72 bits per heavy atom. The number of nitrogens with one attached hydrogen (secondary N) is 1. The van der Waals surface area contributed by atoms with Crippen LogP contribution in [-0.4, -0.2) is 60.4 Å². The molecule has 0 atom stereocenters. The molecule has 0 saturated heterocycles. The van der Waals surface area contributed by atoms with E-state index in [-0.39, 0.29) is 30.7 Å². The Kier molecular flexibility index (Phi) is 7.73. The van der Waals surface area contributed by atoms with E-state index in [4.69, 9.17) is 4.74 Å². The number of amides is 1. The summed E-state index contributed by atoms with van der Waals surface area (Å²) in [6, 6.07) is 8.92. The molecule has 7 nitrogen and oxygen atoms in total. The summed E-state index contributed by atoms with van der Waals surface area (Å²) in [6.07, 6.45) is 0. The number of rotatable bonds is 9. The third-order valence-corrected chi connectivity index (χ3v) is 4.83. The van der Waals surface area contributed by atoms with Gasteiger partial charge in [-0.1, -0.05) is 6.92 Å². The third-order valence-electron chi connectivity index (χ3n) is 4.83. The van der Waals surface area contributed by atoms with Gasteiger partial charge in [-0.05, 0) is 57.6 Å². The molecule has 7 heteroatoms. The van der Waals surface area contributed by atoms with Crippen molar-refractivity contribution in [2.45, 2.75) is 27.7 Å². The maximum atomic E-state index is 12.9. The molecule has 0 unspecified atom stereocenters. The first-order valence-corrected chi connectivity index (χ1v) is 9.72. The minimum absolute atomic E-state index is 0.0262. The lowest BCUT2D eigenvalue weighted by molar-refractivity contribution is -0.121. The highest BCUT2D eigenvalue weighted by Gasteiger charge is 2.20. The Hall–Kier alpha value is -2.93. The van der Waals surface area contributed by atoms with Gasteiger partial charge in [0.15, 0.2) is 5.78 Å². The van der Waals surface area contributed by atoms with Gasteiger partial charge in [0.05, 0.1) is 25.8 Å². The van der Waals surface area contributed by atoms with Crippen LogP contribution >= 0.6 is 0 Å². The highest BCUT2D eigenvalue weighted by atomic mass is 16.5. The molecule has 1 aromatic heterocycles. The second-order valence-electron chi connectivity index (χ2n) is 6.84. The normalized spacial score (nSPS) is 10.8. The van der Waals surface area contributed by atoms with E-state index in [0.29, 0.717) is 24.2 Å². The molecule has 1 amide bonds. The highest BCUT2D eigenvalue weighted by molar-refractivity contribution is 5.99. The first-order chi connectivity index (χ1) is 13.8. The number of ketones is 1. The maximum absolute atomic E-state index is 12.9.